The molecule has 0 bridgehead atoms. The van der Waals surface area contributed by atoms with Crippen LogP contribution in [0.25, 0.3) is 10.8 Å². The van der Waals surface area contributed by atoms with Crippen LogP contribution in [0.15, 0.2) is 28.1 Å². The third-order valence-corrected chi connectivity index (χ3v) is 3.22. The van der Waals surface area contributed by atoms with Crippen LogP contribution >= 0.6 is 27.3 Å². The minimum Gasteiger partial charge on any atom is -0.148 e. The van der Waals surface area contributed by atoms with Crippen LogP contribution in [0, 0.1) is 6.92 Å². The summed E-state index contributed by atoms with van der Waals surface area (Å²) in [5, 5.41) is 4.65. The highest BCUT2D eigenvalue weighted by molar-refractivity contribution is 9.10. The van der Waals surface area contributed by atoms with Crippen LogP contribution in [0.5, 0.6) is 0 Å². The minimum atomic E-state index is 1.14. The second-order valence-corrected chi connectivity index (χ2v) is 4.18. The molecule has 2 rings (SSSR count). The fourth-order valence-corrected chi connectivity index (χ4v) is 2.54. The first-order valence-electron chi connectivity index (χ1n) is 3.27. The summed E-state index contributed by atoms with van der Waals surface area (Å²) in [5.41, 5.74) is 0. The molecule has 2 heteroatoms. The fraction of sp³-hybridized carbons (Fsp3) is 0. The van der Waals surface area contributed by atoms with E-state index in [4.69, 9.17) is 0 Å². The Kier molecular flexibility index (Phi) is 1.74. The maximum atomic E-state index is 3.95. The first-order valence-corrected chi connectivity index (χ1v) is 4.94. The number of hydrogen-bond acceptors (Lipinski definition) is 1. The zero-order valence-electron chi connectivity index (χ0n) is 5.80. The Morgan fingerprint density at radius 3 is 2.82 bits per heavy atom. The van der Waals surface area contributed by atoms with Crippen LogP contribution in [0.4, 0.5) is 0 Å². The predicted molar refractivity (Wildman–Crippen MR) is 54.0 cm³/mol. The number of fused-ring (bicyclic) bond motifs is 1. The molecule has 1 radical (unpaired) electrons. The Balaban J connectivity index is 2.94. The number of rotatable bonds is 0. The van der Waals surface area contributed by atoms with Gasteiger partial charge in [-0.3, -0.25) is 0 Å². The van der Waals surface area contributed by atoms with Gasteiger partial charge < -0.3 is 0 Å². The fourth-order valence-electron chi connectivity index (χ4n) is 1.09. The number of hydrogen-bond donors (Lipinski definition) is 0. The molecular weight excluding hydrogens is 220 g/mol. The van der Waals surface area contributed by atoms with E-state index in [2.05, 4.69) is 40.4 Å². The minimum absolute atomic E-state index is 1.14. The number of halogens is 1. The Labute approximate surface area is 78.0 Å². The lowest BCUT2D eigenvalue weighted by Crippen LogP contribution is -1.67. The van der Waals surface area contributed by atoms with Crippen molar-refractivity contribution in [2.45, 2.75) is 0 Å². The molecule has 0 aliphatic rings. The second kappa shape index (κ2) is 2.61. The quantitative estimate of drug-likeness (QED) is 0.640. The predicted octanol–water partition coefficient (Wildman–Crippen LogP) is 3.85. The van der Waals surface area contributed by atoms with Crippen LogP contribution in [-0.4, -0.2) is 0 Å². The standard InChI is InChI=1S/C9H6BrS/c1-6-7-3-2-4-9(10)8(7)5-11-6/h2-5H,1H2. The molecule has 0 saturated heterocycles. The Hall–Kier alpha value is -0.340. The van der Waals surface area contributed by atoms with Gasteiger partial charge in [-0.1, -0.05) is 28.1 Å². The monoisotopic (exact) mass is 225 g/mol. The lowest BCUT2D eigenvalue weighted by molar-refractivity contribution is 1.77. The van der Waals surface area contributed by atoms with Crippen molar-refractivity contribution in [1.29, 1.82) is 0 Å². The molecule has 0 aliphatic carbocycles. The summed E-state index contributed by atoms with van der Waals surface area (Å²) in [6.45, 7) is 3.95. The molecule has 0 unspecified atom stereocenters. The molecule has 1 aromatic carbocycles. The van der Waals surface area contributed by atoms with E-state index in [0.29, 0.717) is 0 Å². The van der Waals surface area contributed by atoms with Crippen molar-refractivity contribution in [2.24, 2.45) is 0 Å². The Bertz CT molecular complexity index is 389. The average Bonchev–Trinajstić information content (AvgIpc) is 2.35. The van der Waals surface area contributed by atoms with E-state index in [1.54, 1.807) is 11.3 Å². The maximum absolute atomic E-state index is 3.95. The normalized spacial score (nSPS) is 10.7. The van der Waals surface area contributed by atoms with Crippen molar-refractivity contribution in [3.63, 3.8) is 0 Å². The van der Waals surface area contributed by atoms with Crippen molar-refractivity contribution in [3.8, 4) is 0 Å². The van der Waals surface area contributed by atoms with Gasteiger partial charge >= 0.3 is 0 Å². The van der Waals surface area contributed by atoms with Crippen molar-refractivity contribution in [3.05, 3.63) is 39.9 Å². The topological polar surface area (TPSA) is 0 Å². The van der Waals surface area contributed by atoms with Crippen molar-refractivity contribution in [2.75, 3.05) is 0 Å². The van der Waals surface area contributed by atoms with Gasteiger partial charge in [0.25, 0.3) is 0 Å². The Morgan fingerprint density at radius 2 is 2.09 bits per heavy atom. The van der Waals surface area contributed by atoms with E-state index in [-0.39, 0.29) is 0 Å². The molecule has 1 aromatic heterocycles. The van der Waals surface area contributed by atoms with E-state index >= 15 is 0 Å². The molecule has 0 aliphatic heterocycles. The molecular formula is C9H6BrS. The van der Waals surface area contributed by atoms with Gasteiger partial charge in [0.05, 0.1) is 0 Å². The van der Waals surface area contributed by atoms with Gasteiger partial charge in [-0.05, 0) is 23.8 Å². The number of thiophene rings is 1. The molecule has 0 saturated carbocycles. The lowest BCUT2D eigenvalue weighted by Gasteiger charge is -1.92. The van der Waals surface area contributed by atoms with Gasteiger partial charge in [-0.15, -0.1) is 11.3 Å². The first-order chi connectivity index (χ1) is 5.29. The molecule has 1 heterocycles. The van der Waals surface area contributed by atoms with Crippen molar-refractivity contribution >= 4 is 38.0 Å². The zero-order chi connectivity index (χ0) is 7.84. The Morgan fingerprint density at radius 1 is 1.27 bits per heavy atom. The van der Waals surface area contributed by atoms with E-state index in [1.165, 1.54) is 10.8 Å². The van der Waals surface area contributed by atoms with Gasteiger partial charge in [-0.25, -0.2) is 0 Å². The van der Waals surface area contributed by atoms with Crippen LogP contribution in [0.3, 0.4) is 0 Å². The third kappa shape index (κ3) is 1.10. The van der Waals surface area contributed by atoms with E-state index in [1.807, 2.05) is 6.07 Å². The molecule has 2 aromatic rings. The molecule has 55 valence electrons. The summed E-state index contributed by atoms with van der Waals surface area (Å²) >= 11 is 5.18. The van der Waals surface area contributed by atoms with E-state index in [0.717, 1.165) is 9.35 Å². The highest BCUT2D eigenvalue weighted by Crippen LogP contribution is 2.30. The summed E-state index contributed by atoms with van der Waals surface area (Å²) < 4.78 is 1.15. The van der Waals surface area contributed by atoms with Gasteiger partial charge in [0.2, 0.25) is 0 Å². The van der Waals surface area contributed by atoms with Gasteiger partial charge in [0.1, 0.15) is 0 Å². The average molecular weight is 226 g/mol. The summed E-state index contributed by atoms with van der Waals surface area (Å²) in [7, 11) is 0. The molecule has 0 amide bonds. The highest BCUT2D eigenvalue weighted by Gasteiger charge is 2.01. The first kappa shape index (κ1) is 7.32. The maximum Gasteiger partial charge on any atom is 0.0262 e. The lowest BCUT2D eigenvalue weighted by atomic mass is 10.2. The van der Waals surface area contributed by atoms with Crippen LogP contribution in [0.1, 0.15) is 4.88 Å². The second-order valence-electron chi connectivity index (χ2n) is 2.36. The molecule has 0 atom stereocenters. The molecule has 0 nitrogen and oxygen atoms in total. The summed E-state index contributed by atoms with van der Waals surface area (Å²) in [5.74, 6) is 0. The number of benzene rings is 1. The summed E-state index contributed by atoms with van der Waals surface area (Å²) in [4.78, 5) is 1.14. The molecule has 11 heavy (non-hydrogen) atoms. The van der Waals surface area contributed by atoms with Gasteiger partial charge in [0, 0.05) is 14.7 Å². The smallest absolute Gasteiger partial charge is 0.0262 e. The highest BCUT2D eigenvalue weighted by atomic mass is 79.9. The SMILES string of the molecule is [CH2]c1scc2c(Br)cccc12. The van der Waals surface area contributed by atoms with E-state index in [9.17, 15) is 0 Å². The van der Waals surface area contributed by atoms with Gasteiger partial charge in [0.15, 0.2) is 0 Å². The van der Waals surface area contributed by atoms with Crippen LogP contribution < -0.4 is 0 Å². The van der Waals surface area contributed by atoms with Crippen LogP contribution in [-0.2, 0) is 0 Å². The molecule has 0 N–H and O–H groups in total. The van der Waals surface area contributed by atoms with E-state index < -0.39 is 0 Å². The summed E-state index contributed by atoms with van der Waals surface area (Å²) in [6.07, 6.45) is 0. The van der Waals surface area contributed by atoms with Crippen LogP contribution in [0.2, 0.25) is 0 Å². The summed E-state index contributed by atoms with van der Waals surface area (Å²) in [6, 6.07) is 6.18. The zero-order valence-corrected chi connectivity index (χ0v) is 8.21. The third-order valence-electron chi connectivity index (χ3n) is 1.67. The van der Waals surface area contributed by atoms with Crippen molar-refractivity contribution < 1.29 is 0 Å². The molecule has 0 spiro atoms. The van der Waals surface area contributed by atoms with Gasteiger partial charge in [-0.2, -0.15) is 0 Å². The van der Waals surface area contributed by atoms with Crippen molar-refractivity contribution in [1.82, 2.24) is 0 Å². The molecule has 0 fully saturated rings. The largest absolute Gasteiger partial charge is 0.148 e.